The van der Waals surface area contributed by atoms with E-state index in [0.717, 1.165) is 0 Å². The van der Waals surface area contributed by atoms with Crippen molar-refractivity contribution in [3.8, 4) is 0 Å². The van der Waals surface area contributed by atoms with Crippen LogP contribution < -0.4 is 5.09 Å². The van der Waals surface area contributed by atoms with Crippen molar-refractivity contribution in [1.82, 2.24) is 9.76 Å². The van der Waals surface area contributed by atoms with Crippen molar-refractivity contribution in [2.45, 2.75) is 6.42 Å². The summed E-state index contributed by atoms with van der Waals surface area (Å²) in [5.74, 6) is -6.41. The summed E-state index contributed by atoms with van der Waals surface area (Å²) in [6, 6.07) is 0. The first-order valence-electron chi connectivity index (χ1n) is 7.76. The molecular formula is C7H15Cl2N2O2P. The van der Waals surface area contributed by atoms with Gasteiger partial charge in [-0.05, 0) is 6.42 Å². The molecule has 0 aromatic heterocycles. The Morgan fingerprint density at radius 2 is 2.14 bits per heavy atom. The molecule has 0 spiro atoms. The molecule has 1 aliphatic heterocycles. The fourth-order valence-corrected chi connectivity index (χ4v) is 2.71. The lowest BCUT2D eigenvalue weighted by Crippen LogP contribution is -2.35. The monoisotopic (exact) mass is 268 g/mol. The summed E-state index contributed by atoms with van der Waals surface area (Å²) in [7, 11) is -4.48. The van der Waals surface area contributed by atoms with Crippen LogP contribution in [0.4, 0.5) is 0 Å². The molecule has 4 nitrogen and oxygen atoms in total. The molecule has 0 aromatic rings. The van der Waals surface area contributed by atoms with Crippen molar-refractivity contribution in [2.75, 3.05) is 37.8 Å². The Morgan fingerprint density at radius 3 is 2.57 bits per heavy atom. The average Bonchev–Trinajstić information content (AvgIpc) is 2.25. The number of nitrogens with one attached hydrogen (secondary N) is 1. The average molecular weight is 269 g/mol. The van der Waals surface area contributed by atoms with Gasteiger partial charge in [-0.15, -0.1) is 23.2 Å². The third kappa shape index (κ3) is 3.37. The summed E-state index contributed by atoms with van der Waals surface area (Å²) in [6.07, 6.45) is 0.408. The van der Waals surface area contributed by atoms with Gasteiger partial charge in [-0.1, -0.05) is 0 Å². The molecule has 1 fully saturated rings. The van der Waals surface area contributed by atoms with Crippen LogP contribution in [0.1, 0.15) is 17.4 Å². The second kappa shape index (κ2) is 6.31. The van der Waals surface area contributed by atoms with Crippen LogP contribution in [0.15, 0.2) is 0 Å². The van der Waals surface area contributed by atoms with Gasteiger partial charge in [0, 0.05) is 42.2 Å². The molecule has 84 valence electrons. The molecule has 0 aliphatic carbocycles. The first kappa shape index (κ1) is 5.35. The van der Waals surface area contributed by atoms with Crippen molar-refractivity contribution < 1.29 is 20.1 Å². The van der Waals surface area contributed by atoms with Gasteiger partial charge in [0.05, 0.1) is 6.61 Å². The van der Waals surface area contributed by atoms with Gasteiger partial charge in [-0.25, -0.2) is 9.76 Å². The van der Waals surface area contributed by atoms with E-state index in [2.05, 4.69) is 5.09 Å². The third-order valence-corrected chi connectivity index (χ3v) is 3.51. The molecule has 7 heteroatoms. The standard InChI is InChI=1S/C7H15Cl2N2O2P/c8-2-5-11(6-3-9)14(12)10-4-1-7-13-14/h1-7H2,(H,10,12)/i2D2,3D2,5D2,6D2. The molecule has 0 radical (unpaired) electrons. The molecule has 1 atom stereocenters. The second-order valence-corrected chi connectivity index (χ2v) is 4.73. The van der Waals surface area contributed by atoms with E-state index in [1.807, 2.05) is 0 Å². The fourth-order valence-electron chi connectivity index (χ4n) is 0.895. The molecule has 0 saturated carbocycles. The summed E-state index contributed by atoms with van der Waals surface area (Å²) >= 11 is 10.7. The maximum atomic E-state index is 12.8. The van der Waals surface area contributed by atoms with Crippen LogP contribution >= 0.6 is 30.9 Å². The maximum absolute atomic E-state index is 12.8. The highest BCUT2D eigenvalue weighted by Gasteiger charge is 2.32. The van der Waals surface area contributed by atoms with E-state index in [1.165, 1.54) is 0 Å². The molecule has 1 unspecified atom stereocenters. The Morgan fingerprint density at radius 1 is 1.50 bits per heavy atom. The fraction of sp³-hybridized carbons (Fsp3) is 1.00. The predicted molar refractivity (Wildman–Crippen MR) is 59.2 cm³/mol. The van der Waals surface area contributed by atoms with Gasteiger partial charge in [0.25, 0.3) is 0 Å². The van der Waals surface area contributed by atoms with Crippen molar-refractivity contribution in [3.05, 3.63) is 0 Å². The topological polar surface area (TPSA) is 41.6 Å². The van der Waals surface area contributed by atoms with Gasteiger partial charge < -0.3 is 4.52 Å². The minimum Gasteiger partial charge on any atom is -0.306 e. The zero-order valence-electron chi connectivity index (χ0n) is 15.1. The van der Waals surface area contributed by atoms with Gasteiger partial charge >= 0.3 is 7.67 Å². The summed E-state index contributed by atoms with van der Waals surface area (Å²) in [5.41, 5.74) is 0. The molecule has 1 heterocycles. The molecule has 1 N–H and O–H groups in total. The number of rotatable bonds is 5. The summed E-state index contributed by atoms with van der Waals surface area (Å²) < 4.78 is 77.9. The maximum Gasteiger partial charge on any atom is 0.343 e. The lowest BCUT2D eigenvalue weighted by atomic mass is 10.5. The smallest absolute Gasteiger partial charge is 0.306 e. The minimum absolute atomic E-state index is 0.0799. The van der Waals surface area contributed by atoms with E-state index in [0.29, 0.717) is 6.42 Å². The normalized spacial score (nSPS) is 40.8. The quantitative estimate of drug-likeness (QED) is 0.611. The molecule has 1 saturated heterocycles. The Balaban J connectivity index is 3.50. The van der Waals surface area contributed by atoms with E-state index in [4.69, 9.17) is 38.7 Å². The minimum atomic E-state index is -4.48. The zero-order valence-corrected chi connectivity index (χ0v) is 9.49. The van der Waals surface area contributed by atoms with Gasteiger partial charge in [0.1, 0.15) is 0 Å². The Kier molecular flexibility index (Phi) is 2.41. The largest absolute Gasteiger partial charge is 0.343 e. The van der Waals surface area contributed by atoms with Crippen LogP contribution in [0.3, 0.4) is 0 Å². The predicted octanol–water partition coefficient (Wildman–Crippen LogP) is 1.88. The van der Waals surface area contributed by atoms with Crippen molar-refractivity contribution >= 4 is 30.9 Å². The van der Waals surface area contributed by atoms with Crippen LogP contribution in [-0.4, -0.2) is 42.5 Å². The Bertz CT molecular complexity index is 432. The van der Waals surface area contributed by atoms with Gasteiger partial charge in [-0.3, -0.25) is 4.57 Å². The summed E-state index contributed by atoms with van der Waals surface area (Å²) in [6.45, 7) is -6.83. The number of hydrogen-bond acceptors (Lipinski definition) is 2. The zero-order chi connectivity index (χ0) is 17.6. The molecule has 0 amide bonds. The Hall–Kier alpha value is 0.690. The lowest BCUT2D eigenvalue weighted by molar-refractivity contribution is 0.233. The summed E-state index contributed by atoms with van der Waals surface area (Å²) in [5, 5.41) is 2.28. The number of nitrogens with zero attached hydrogens (tertiary/aromatic N) is 1. The first-order chi connectivity index (χ1) is 9.57. The third-order valence-electron chi connectivity index (χ3n) is 1.46. The van der Waals surface area contributed by atoms with Crippen molar-refractivity contribution in [1.29, 1.82) is 0 Å². The molecule has 0 aromatic carbocycles. The molecule has 1 aliphatic rings. The highest BCUT2D eigenvalue weighted by atomic mass is 35.5. The number of alkyl halides is 2. The highest BCUT2D eigenvalue weighted by Crippen LogP contribution is 2.47. The van der Waals surface area contributed by atoms with Crippen molar-refractivity contribution in [2.24, 2.45) is 0 Å². The van der Waals surface area contributed by atoms with E-state index in [1.54, 1.807) is 0 Å². The SMILES string of the molecule is [2H]C([2H])(Cl)C([2H])([2H])N(C([2H])([2H])C([2H])([2H])Cl)P1(=O)NCCCO1. The van der Waals surface area contributed by atoms with E-state index >= 15 is 0 Å². The van der Waals surface area contributed by atoms with E-state index in [-0.39, 0.29) is 17.8 Å². The Labute approximate surface area is 106 Å². The van der Waals surface area contributed by atoms with Crippen LogP contribution in [0.2, 0.25) is 0 Å². The van der Waals surface area contributed by atoms with Gasteiger partial charge in [0.2, 0.25) is 0 Å². The molecule has 14 heavy (non-hydrogen) atoms. The lowest BCUT2D eigenvalue weighted by Gasteiger charge is -2.33. The van der Waals surface area contributed by atoms with E-state index in [9.17, 15) is 4.57 Å². The highest BCUT2D eigenvalue weighted by molar-refractivity contribution is 7.54. The van der Waals surface area contributed by atoms with Gasteiger partial charge in [0.15, 0.2) is 0 Å². The van der Waals surface area contributed by atoms with Crippen LogP contribution in [0.5, 0.6) is 0 Å². The van der Waals surface area contributed by atoms with E-state index < -0.39 is 32.3 Å². The second-order valence-electron chi connectivity index (χ2n) is 2.34. The van der Waals surface area contributed by atoms with Gasteiger partial charge in [-0.2, -0.15) is 0 Å². The van der Waals surface area contributed by atoms with Crippen LogP contribution in [-0.2, 0) is 9.09 Å². The molecule has 1 rings (SSSR count). The van der Waals surface area contributed by atoms with Crippen molar-refractivity contribution in [3.63, 3.8) is 0 Å². The number of hydrogen-bond donors (Lipinski definition) is 1. The first-order valence-corrected chi connectivity index (χ1v) is 6.09. The molecule has 0 bridgehead atoms. The summed E-state index contributed by atoms with van der Waals surface area (Å²) in [4.78, 5) is 0. The molecular weight excluding hydrogens is 246 g/mol. The van der Waals surface area contributed by atoms with Crippen LogP contribution in [0, 0.1) is 0 Å². The number of halogens is 2. The van der Waals surface area contributed by atoms with Crippen LogP contribution in [0.25, 0.3) is 0 Å².